The van der Waals surface area contributed by atoms with Gasteiger partial charge < -0.3 is 0 Å². The van der Waals surface area contributed by atoms with Gasteiger partial charge in [-0.3, -0.25) is 0 Å². The minimum absolute atomic E-state index is 0.237. The molecule has 3 nitrogen and oxygen atoms in total. The van der Waals surface area contributed by atoms with E-state index in [1.165, 1.54) is 0 Å². The molecule has 0 spiro atoms. The van der Waals surface area contributed by atoms with E-state index in [0.717, 1.165) is 17.5 Å². The van der Waals surface area contributed by atoms with Crippen LogP contribution < -0.4 is 0 Å². The number of hydrogen-bond donors (Lipinski definition) is 0. The third-order valence-electron chi connectivity index (χ3n) is 3.79. The maximum atomic E-state index is 12.7. The van der Waals surface area contributed by atoms with Crippen LogP contribution in [-0.2, 0) is 10.0 Å². The molecule has 0 aliphatic carbocycles. The van der Waals surface area contributed by atoms with Gasteiger partial charge in [-0.15, -0.1) is 0 Å². The summed E-state index contributed by atoms with van der Waals surface area (Å²) in [4.78, 5) is 0.683. The van der Waals surface area contributed by atoms with Crippen molar-refractivity contribution in [3.63, 3.8) is 0 Å². The van der Waals surface area contributed by atoms with Crippen LogP contribution in [0.25, 0.3) is 0 Å². The summed E-state index contributed by atoms with van der Waals surface area (Å²) in [6, 6.07) is 5.59. The Kier molecular flexibility index (Phi) is 4.38. The molecule has 106 valence electrons. The first kappa shape index (κ1) is 15.0. The predicted molar refractivity (Wildman–Crippen MR) is 81.2 cm³/mol. The second kappa shape index (κ2) is 5.54. The summed E-state index contributed by atoms with van der Waals surface area (Å²) in [6.07, 6.45) is 0.903. The smallest absolute Gasteiger partial charge is 0.207 e. The van der Waals surface area contributed by atoms with Crippen molar-refractivity contribution < 1.29 is 8.42 Å². The Morgan fingerprint density at radius 1 is 1.32 bits per heavy atom. The Labute approximate surface area is 124 Å². The predicted octanol–water partition coefficient (Wildman–Crippen LogP) is 3.10. The molecule has 1 aromatic rings. The van der Waals surface area contributed by atoms with Crippen LogP contribution in [0.1, 0.15) is 24.5 Å². The molecule has 0 amide bonds. The SMILES string of the molecule is Cc1ccc(C)c(S(=O)(=O)N2CCC(C)C(Br)C2)c1. The number of hydrogen-bond acceptors (Lipinski definition) is 2. The molecule has 1 aromatic carbocycles. The van der Waals surface area contributed by atoms with Gasteiger partial charge in [0.15, 0.2) is 0 Å². The molecule has 2 atom stereocenters. The fourth-order valence-corrected chi connectivity index (χ4v) is 4.93. The fraction of sp³-hybridized carbons (Fsp3) is 0.571. The first-order valence-corrected chi connectivity index (χ1v) is 8.89. The zero-order chi connectivity index (χ0) is 14.2. The Hall–Kier alpha value is -0.390. The van der Waals surface area contributed by atoms with E-state index < -0.39 is 10.0 Å². The van der Waals surface area contributed by atoms with E-state index in [-0.39, 0.29) is 4.83 Å². The molecule has 5 heteroatoms. The first-order valence-electron chi connectivity index (χ1n) is 6.54. The van der Waals surface area contributed by atoms with Gasteiger partial charge in [0.1, 0.15) is 0 Å². The zero-order valence-corrected chi connectivity index (χ0v) is 14.0. The standard InChI is InChI=1S/C14H20BrNO2S/c1-10-4-5-12(3)14(8-10)19(17,18)16-7-6-11(2)13(15)9-16/h4-5,8,11,13H,6-7,9H2,1-3H3. The lowest BCUT2D eigenvalue weighted by molar-refractivity contribution is 0.300. The third-order valence-corrected chi connectivity index (χ3v) is 6.99. The largest absolute Gasteiger partial charge is 0.243 e. The number of rotatable bonds is 2. The molecule has 2 rings (SSSR count). The van der Waals surface area contributed by atoms with E-state index in [1.54, 1.807) is 10.4 Å². The molecular formula is C14H20BrNO2S. The molecular weight excluding hydrogens is 326 g/mol. The van der Waals surface area contributed by atoms with Gasteiger partial charge in [-0.2, -0.15) is 4.31 Å². The Morgan fingerprint density at radius 3 is 2.63 bits per heavy atom. The molecule has 2 unspecified atom stereocenters. The molecule has 0 saturated carbocycles. The fourth-order valence-electron chi connectivity index (χ4n) is 2.34. The molecule has 1 aliphatic heterocycles. The van der Waals surface area contributed by atoms with Gasteiger partial charge in [-0.25, -0.2) is 8.42 Å². The number of halogens is 1. The van der Waals surface area contributed by atoms with Gasteiger partial charge in [0.2, 0.25) is 10.0 Å². The van der Waals surface area contributed by atoms with E-state index >= 15 is 0 Å². The number of nitrogens with zero attached hydrogens (tertiary/aromatic N) is 1. The summed E-state index contributed by atoms with van der Waals surface area (Å²) in [7, 11) is -3.37. The maximum Gasteiger partial charge on any atom is 0.243 e. The van der Waals surface area contributed by atoms with Crippen LogP contribution >= 0.6 is 15.9 Å². The van der Waals surface area contributed by atoms with Crippen LogP contribution in [0.4, 0.5) is 0 Å². The molecule has 0 radical (unpaired) electrons. The van der Waals surface area contributed by atoms with E-state index in [2.05, 4.69) is 22.9 Å². The van der Waals surface area contributed by atoms with E-state index in [4.69, 9.17) is 0 Å². The molecule has 1 aliphatic rings. The average Bonchev–Trinajstić information content (AvgIpc) is 2.35. The summed E-state index contributed by atoms with van der Waals surface area (Å²) in [5.41, 5.74) is 1.79. The van der Waals surface area contributed by atoms with Gasteiger partial charge in [0.25, 0.3) is 0 Å². The molecule has 0 aromatic heterocycles. The van der Waals surface area contributed by atoms with Gasteiger partial charge in [0.05, 0.1) is 4.90 Å². The summed E-state index contributed by atoms with van der Waals surface area (Å²) in [5.74, 6) is 0.519. The number of benzene rings is 1. The van der Waals surface area contributed by atoms with Crippen molar-refractivity contribution in [3.05, 3.63) is 29.3 Å². The third kappa shape index (κ3) is 3.03. The lowest BCUT2D eigenvalue weighted by Crippen LogP contribution is -2.43. The maximum absolute atomic E-state index is 12.7. The molecule has 19 heavy (non-hydrogen) atoms. The minimum atomic E-state index is -3.37. The topological polar surface area (TPSA) is 37.4 Å². The zero-order valence-electron chi connectivity index (χ0n) is 11.6. The van der Waals surface area contributed by atoms with Gasteiger partial charge in [-0.1, -0.05) is 35.0 Å². The molecule has 0 bridgehead atoms. The summed E-state index contributed by atoms with van der Waals surface area (Å²) >= 11 is 3.59. The average molecular weight is 346 g/mol. The summed E-state index contributed by atoms with van der Waals surface area (Å²) in [5, 5.41) is 0. The van der Waals surface area contributed by atoms with Crippen molar-refractivity contribution in [2.75, 3.05) is 13.1 Å². The highest BCUT2D eigenvalue weighted by Gasteiger charge is 2.33. The van der Waals surface area contributed by atoms with Crippen LogP contribution in [0.5, 0.6) is 0 Å². The van der Waals surface area contributed by atoms with Crippen LogP contribution in [0.15, 0.2) is 23.1 Å². The van der Waals surface area contributed by atoms with Crippen molar-refractivity contribution in [2.45, 2.75) is 36.9 Å². The molecule has 0 N–H and O–H groups in total. The van der Waals surface area contributed by atoms with Crippen molar-refractivity contribution in [1.82, 2.24) is 4.31 Å². The Morgan fingerprint density at radius 2 is 2.00 bits per heavy atom. The Balaban J connectivity index is 2.35. The summed E-state index contributed by atoms with van der Waals surface area (Å²) in [6.45, 7) is 7.09. The van der Waals surface area contributed by atoms with Gasteiger partial charge >= 0.3 is 0 Å². The number of aryl methyl sites for hydroxylation is 2. The molecule has 1 heterocycles. The lowest BCUT2D eigenvalue weighted by Gasteiger charge is -2.33. The van der Waals surface area contributed by atoms with Crippen LogP contribution in [0, 0.1) is 19.8 Å². The van der Waals surface area contributed by atoms with E-state index in [1.807, 2.05) is 26.0 Å². The van der Waals surface area contributed by atoms with Gasteiger partial charge in [-0.05, 0) is 43.4 Å². The monoisotopic (exact) mass is 345 g/mol. The van der Waals surface area contributed by atoms with Crippen LogP contribution in [0.2, 0.25) is 0 Å². The lowest BCUT2D eigenvalue weighted by atomic mass is 10.0. The Bertz CT molecular complexity index is 571. The van der Waals surface area contributed by atoms with Crippen molar-refractivity contribution in [3.8, 4) is 0 Å². The second-order valence-corrected chi connectivity index (χ2v) is 8.50. The van der Waals surface area contributed by atoms with Crippen molar-refractivity contribution in [1.29, 1.82) is 0 Å². The van der Waals surface area contributed by atoms with E-state index in [0.29, 0.717) is 23.9 Å². The summed E-state index contributed by atoms with van der Waals surface area (Å²) < 4.78 is 27.0. The highest BCUT2D eigenvalue weighted by atomic mass is 79.9. The number of sulfonamides is 1. The molecule has 1 fully saturated rings. The van der Waals surface area contributed by atoms with Crippen molar-refractivity contribution in [2.24, 2.45) is 5.92 Å². The van der Waals surface area contributed by atoms with Crippen LogP contribution in [-0.4, -0.2) is 30.6 Å². The second-order valence-electron chi connectivity index (χ2n) is 5.41. The minimum Gasteiger partial charge on any atom is -0.207 e. The first-order chi connectivity index (χ1) is 8.82. The number of piperidine rings is 1. The van der Waals surface area contributed by atoms with Gasteiger partial charge in [0, 0.05) is 17.9 Å². The van der Waals surface area contributed by atoms with Crippen molar-refractivity contribution >= 4 is 26.0 Å². The highest BCUT2D eigenvalue weighted by Crippen LogP contribution is 2.29. The number of alkyl halides is 1. The van der Waals surface area contributed by atoms with Crippen LogP contribution in [0.3, 0.4) is 0 Å². The van der Waals surface area contributed by atoms with E-state index in [9.17, 15) is 8.42 Å². The highest BCUT2D eigenvalue weighted by molar-refractivity contribution is 9.09. The quantitative estimate of drug-likeness (QED) is 0.772. The molecule has 1 saturated heterocycles. The normalized spacial score (nSPS) is 25.5.